The van der Waals surface area contributed by atoms with Gasteiger partial charge in [-0.2, -0.15) is 0 Å². The molecule has 0 unspecified atom stereocenters. The smallest absolute Gasteiger partial charge is 0.224 e. The van der Waals surface area contributed by atoms with Gasteiger partial charge in [-0.05, 0) is 30.3 Å². The van der Waals surface area contributed by atoms with E-state index in [4.69, 9.17) is 16.0 Å². The predicted molar refractivity (Wildman–Crippen MR) is 85.8 cm³/mol. The Morgan fingerprint density at radius 3 is 2.62 bits per heavy atom. The number of halogens is 1. The highest BCUT2D eigenvalue weighted by molar-refractivity contribution is 6.33. The Morgan fingerprint density at radius 1 is 1.19 bits per heavy atom. The summed E-state index contributed by atoms with van der Waals surface area (Å²) < 4.78 is 5.63. The van der Waals surface area contributed by atoms with Crippen molar-refractivity contribution < 1.29 is 9.21 Å². The first kappa shape index (κ1) is 15.4. The fraction of sp³-hybridized carbons (Fsp3) is 0.312. The van der Waals surface area contributed by atoms with Crippen molar-refractivity contribution in [1.82, 2.24) is 0 Å². The summed E-state index contributed by atoms with van der Waals surface area (Å²) in [6, 6.07) is 9.27. The molecule has 0 bridgehead atoms. The SMILES string of the molecule is CCC(=O)Nc1ccc(Cl)c(NCc2ccc(CC)o2)c1. The molecule has 0 atom stereocenters. The van der Waals surface area contributed by atoms with Crippen molar-refractivity contribution in [3.63, 3.8) is 0 Å². The summed E-state index contributed by atoms with van der Waals surface area (Å²) in [5, 5.41) is 6.63. The summed E-state index contributed by atoms with van der Waals surface area (Å²) in [5.41, 5.74) is 1.49. The number of benzene rings is 1. The van der Waals surface area contributed by atoms with Crippen molar-refractivity contribution in [1.29, 1.82) is 0 Å². The van der Waals surface area contributed by atoms with Gasteiger partial charge >= 0.3 is 0 Å². The van der Waals surface area contributed by atoms with Gasteiger partial charge in [0.25, 0.3) is 0 Å². The summed E-state index contributed by atoms with van der Waals surface area (Å²) in [4.78, 5) is 11.4. The molecule has 0 radical (unpaired) electrons. The molecule has 0 aliphatic carbocycles. The van der Waals surface area contributed by atoms with Crippen LogP contribution in [0.2, 0.25) is 5.02 Å². The van der Waals surface area contributed by atoms with Crippen molar-refractivity contribution in [2.75, 3.05) is 10.6 Å². The van der Waals surface area contributed by atoms with Crippen LogP contribution in [0.3, 0.4) is 0 Å². The van der Waals surface area contributed by atoms with Gasteiger partial charge < -0.3 is 15.1 Å². The molecular formula is C16H19ClN2O2. The molecule has 0 spiro atoms. The first-order valence-electron chi connectivity index (χ1n) is 7.03. The number of anilines is 2. The van der Waals surface area contributed by atoms with Crippen molar-refractivity contribution >= 4 is 28.9 Å². The van der Waals surface area contributed by atoms with Gasteiger partial charge in [-0.1, -0.05) is 25.4 Å². The maximum absolute atomic E-state index is 11.4. The van der Waals surface area contributed by atoms with E-state index in [1.165, 1.54) is 0 Å². The molecule has 1 aromatic carbocycles. The van der Waals surface area contributed by atoms with Crippen LogP contribution in [-0.2, 0) is 17.8 Å². The number of amides is 1. The zero-order valence-electron chi connectivity index (χ0n) is 12.2. The van der Waals surface area contributed by atoms with Crippen LogP contribution in [0.15, 0.2) is 34.7 Å². The van der Waals surface area contributed by atoms with Crippen molar-refractivity contribution in [2.45, 2.75) is 33.2 Å². The quantitative estimate of drug-likeness (QED) is 0.828. The van der Waals surface area contributed by atoms with E-state index in [2.05, 4.69) is 10.6 Å². The fourth-order valence-corrected chi connectivity index (χ4v) is 2.06. The molecule has 2 N–H and O–H groups in total. The van der Waals surface area contributed by atoms with Crippen molar-refractivity contribution in [3.05, 3.63) is 46.9 Å². The Labute approximate surface area is 129 Å². The van der Waals surface area contributed by atoms with E-state index in [-0.39, 0.29) is 5.91 Å². The number of carbonyl (C=O) groups excluding carboxylic acids is 1. The first-order valence-corrected chi connectivity index (χ1v) is 7.41. The molecule has 112 valence electrons. The van der Waals surface area contributed by atoms with Gasteiger partial charge in [0.2, 0.25) is 5.91 Å². The number of hydrogen-bond acceptors (Lipinski definition) is 3. The largest absolute Gasteiger partial charge is 0.464 e. The summed E-state index contributed by atoms with van der Waals surface area (Å²) in [6.07, 6.45) is 1.32. The Kier molecular flexibility index (Phi) is 5.28. The van der Waals surface area contributed by atoms with E-state index in [1.807, 2.05) is 32.0 Å². The van der Waals surface area contributed by atoms with Gasteiger partial charge in [-0.3, -0.25) is 4.79 Å². The van der Waals surface area contributed by atoms with Crippen LogP contribution in [-0.4, -0.2) is 5.91 Å². The van der Waals surface area contributed by atoms with Crippen LogP contribution in [0.4, 0.5) is 11.4 Å². The molecule has 1 amide bonds. The van der Waals surface area contributed by atoms with Crippen molar-refractivity contribution in [2.24, 2.45) is 0 Å². The van der Waals surface area contributed by atoms with Gasteiger partial charge in [0.05, 0.1) is 17.3 Å². The van der Waals surface area contributed by atoms with Crippen LogP contribution >= 0.6 is 11.6 Å². The van der Waals surface area contributed by atoms with E-state index in [0.29, 0.717) is 18.0 Å². The van der Waals surface area contributed by atoms with Gasteiger partial charge in [-0.15, -0.1) is 0 Å². The Bertz CT molecular complexity index is 622. The predicted octanol–water partition coefficient (Wildman–Crippen LogP) is 4.46. The average Bonchev–Trinajstić information content (AvgIpc) is 2.95. The number of aryl methyl sites for hydroxylation is 1. The van der Waals surface area contributed by atoms with Crippen LogP contribution < -0.4 is 10.6 Å². The van der Waals surface area contributed by atoms with Crippen LogP contribution in [0.25, 0.3) is 0 Å². The summed E-state index contributed by atoms with van der Waals surface area (Å²) in [5.74, 6) is 1.79. The third-order valence-electron chi connectivity index (χ3n) is 3.09. The monoisotopic (exact) mass is 306 g/mol. The summed E-state index contributed by atoms with van der Waals surface area (Å²) >= 11 is 6.16. The van der Waals surface area contributed by atoms with E-state index in [9.17, 15) is 4.79 Å². The maximum Gasteiger partial charge on any atom is 0.224 e. The summed E-state index contributed by atoms with van der Waals surface area (Å²) in [7, 11) is 0. The van der Waals surface area contributed by atoms with Gasteiger partial charge in [-0.25, -0.2) is 0 Å². The normalized spacial score (nSPS) is 10.4. The van der Waals surface area contributed by atoms with Crippen LogP contribution in [0.1, 0.15) is 31.8 Å². The van der Waals surface area contributed by atoms with Gasteiger partial charge in [0, 0.05) is 18.5 Å². The van der Waals surface area contributed by atoms with E-state index in [1.54, 1.807) is 12.1 Å². The van der Waals surface area contributed by atoms with E-state index in [0.717, 1.165) is 29.3 Å². The zero-order valence-corrected chi connectivity index (χ0v) is 13.0. The van der Waals surface area contributed by atoms with Crippen LogP contribution in [0.5, 0.6) is 0 Å². The highest BCUT2D eigenvalue weighted by Gasteiger charge is 2.06. The Balaban J connectivity index is 2.04. The van der Waals surface area contributed by atoms with Gasteiger partial charge in [0.1, 0.15) is 11.5 Å². The lowest BCUT2D eigenvalue weighted by atomic mass is 10.2. The topological polar surface area (TPSA) is 54.3 Å². The molecule has 1 aromatic heterocycles. The zero-order chi connectivity index (χ0) is 15.2. The average molecular weight is 307 g/mol. The lowest BCUT2D eigenvalue weighted by molar-refractivity contribution is -0.115. The minimum absolute atomic E-state index is 0.0260. The fourth-order valence-electron chi connectivity index (χ4n) is 1.88. The van der Waals surface area contributed by atoms with Crippen molar-refractivity contribution in [3.8, 4) is 0 Å². The molecule has 0 saturated carbocycles. The molecule has 5 heteroatoms. The second kappa shape index (κ2) is 7.18. The molecule has 2 rings (SSSR count). The highest BCUT2D eigenvalue weighted by atomic mass is 35.5. The number of hydrogen-bond donors (Lipinski definition) is 2. The second-order valence-corrected chi connectivity index (χ2v) is 5.08. The molecule has 4 nitrogen and oxygen atoms in total. The van der Waals surface area contributed by atoms with Crippen LogP contribution in [0, 0.1) is 0 Å². The lowest BCUT2D eigenvalue weighted by Crippen LogP contribution is -2.09. The number of nitrogens with one attached hydrogen (secondary N) is 2. The summed E-state index contributed by atoms with van der Waals surface area (Å²) in [6.45, 7) is 4.41. The number of furan rings is 1. The lowest BCUT2D eigenvalue weighted by Gasteiger charge is -2.10. The van der Waals surface area contributed by atoms with Gasteiger partial charge in [0.15, 0.2) is 0 Å². The number of carbonyl (C=O) groups is 1. The highest BCUT2D eigenvalue weighted by Crippen LogP contribution is 2.26. The maximum atomic E-state index is 11.4. The third kappa shape index (κ3) is 4.26. The Morgan fingerprint density at radius 2 is 1.95 bits per heavy atom. The Hall–Kier alpha value is -1.94. The third-order valence-corrected chi connectivity index (χ3v) is 3.42. The second-order valence-electron chi connectivity index (χ2n) is 4.67. The molecule has 0 aliphatic rings. The molecular weight excluding hydrogens is 288 g/mol. The number of rotatable bonds is 6. The molecule has 0 saturated heterocycles. The standard InChI is InChI=1S/C16H19ClN2O2/c1-3-12-6-7-13(21-12)10-18-15-9-11(5-8-14(15)17)19-16(20)4-2/h5-9,18H,3-4,10H2,1-2H3,(H,19,20). The molecule has 0 aliphatic heterocycles. The molecule has 0 fully saturated rings. The molecule has 2 aromatic rings. The van der Waals surface area contributed by atoms with E-state index < -0.39 is 0 Å². The minimum atomic E-state index is -0.0260. The molecule has 1 heterocycles. The molecule has 21 heavy (non-hydrogen) atoms. The minimum Gasteiger partial charge on any atom is -0.464 e. The van der Waals surface area contributed by atoms with E-state index >= 15 is 0 Å². The first-order chi connectivity index (χ1) is 10.1.